The van der Waals surface area contributed by atoms with E-state index in [1.807, 2.05) is 30.3 Å². The standard InChI is InChI=1S/C22H30N4O4/c1-2-18-3-6-20(7-4-18)30-16-9-23-21-17-19(5-8-22(21)26(28)29)25-12-10-24(11-13-25)14-15-27/h3-8,17,23,27H,2,9-16H2,1H3. The smallest absolute Gasteiger partial charge is 0.292 e. The van der Waals surface area contributed by atoms with Crippen molar-refractivity contribution in [3.05, 3.63) is 58.1 Å². The molecule has 0 unspecified atom stereocenters. The third kappa shape index (κ3) is 5.84. The Morgan fingerprint density at radius 1 is 1.13 bits per heavy atom. The fourth-order valence-corrected chi connectivity index (χ4v) is 3.57. The SMILES string of the molecule is CCc1ccc(OCCNc2cc(N3CCN(CCO)CC3)ccc2[N+](=O)[O-])cc1. The second-order valence-electron chi connectivity index (χ2n) is 7.28. The maximum Gasteiger partial charge on any atom is 0.292 e. The van der Waals surface area contributed by atoms with E-state index in [0.29, 0.717) is 25.4 Å². The van der Waals surface area contributed by atoms with Crippen LogP contribution >= 0.6 is 0 Å². The topological polar surface area (TPSA) is 91.1 Å². The number of nitrogens with one attached hydrogen (secondary N) is 1. The van der Waals surface area contributed by atoms with Crippen molar-refractivity contribution in [2.45, 2.75) is 13.3 Å². The second kappa shape index (κ2) is 10.8. The Morgan fingerprint density at radius 3 is 2.50 bits per heavy atom. The summed E-state index contributed by atoms with van der Waals surface area (Å²) in [6.45, 7) is 7.21. The fourth-order valence-electron chi connectivity index (χ4n) is 3.57. The second-order valence-corrected chi connectivity index (χ2v) is 7.28. The number of anilines is 2. The summed E-state index contributed by atoms with van der Waals surface area (Å²) in [5.41, 5.74) is 2.78. The predicted octanol–water partition coefficient (Wildman–Crippen LogP) is 2.76. The summed E-state index contributed by atoms with van der Waals surface area (Å²) in [4.78, 5) is 15.5. The van der Waals surface area contributed by atoms with Gasteiger partial charge in [-0.3, -0.25) is 15.0 Å². The van der Waals surface area contributed by atoms with Crippen LogP contribution in [0, 0.1) is 10.1 Å². The van der Waals surface area contributed by atoms with Crippen molar-refractivity contribution >= 4 is 17.1 Å². The Bertz CT molecular complexity index is 820. The molecule has 0 saturated carbocycles. The van der Waals surface area contributed by atoms with E-state index in [1.165, 1.54) is 5.56 Å². The molecule has 0 aromatic heterocycles. The molecule has 0 radical (unpaired) electrons. The molecule has 1 aliphatic rings. The zero-order valence-corrected chi connectivity index (χ0v) is 17.4. The fraction of sp³-hybridized carbons (Fsp3) is 0.455. The summed E-state index contributed by atoms with van der Waals surface area (Å²) in [5.74, 6) is 0.790. The quantitative estimate of drug-likeness (QED) is 0.351. The van der Waals surface area contributed by atoms with Crippen molar-refractivity contribution in [2.24, 2.45) is 0 Å². The molecule has 2 aromatic carbocycles. The van der Waals surface area contributed by atoms with Crippen LogP contribution in [0.15, 0.2) is 42.5 Å². The molecular formula is C22H30N4O4. The van der Waals surface area contributed by atoms with Gasteiger partial charge in [-0.25, -0.2) is 0 Å². The Morgan fingerprint density at radius 2 is 1.87 bits per heavy atom. The number of rotatable bonds is 10. The summed E-state index contributed by atoms with van der Waals surface area (Å²) in [7, 11) is 0. The van der Waals surface area contributed by atoms with Crippen LogP contribution in [0.2, 0.25) is 0 Å². The van der Waals surface area contributed by atoms with E-state index >= 15 is 0 Å². The number of piperazine rings is 1. The molecule has 0 atom stereocenters. The van der Waals surface area contributed by atoms with Crippen LogP contribution in [0.25, 0.3) is 0 Å². The first-order valence-electron chi connectivity index (χ1n) is 10.4. The van der Waals surface area contributed by atoms with Crippen molar-refractivity contribution in [1.82, 2.24) is 4.90 Å². The minimum absolute atomic E-state index is 0.0602. The number of hydrogen-bond donors (Lipinski definition) is 2. The van der Waals surface area contributed by atoms with Gasteiger partial charge in [-0.05, 0) is 36.2 Å². The Kier molecular flexibility index (Phi) is 7.87. The van der Waals surface area contributed by atoms with E-state index in [9.17, 15) is 10.1 Å². The van der Waals surface area contributed by atoms with Crippen molar-refractivity contribution in [2.75, 3.05) is 62.7 Å². The summed E-state index contributed by atoms with van der Waals surface area (Å²) >= 11 is 0. The average molecular weight is 415 g/mol. The van der Waals surface area contributed by atoms with Crippen LogP contribution < -0.4 is 15.0 Å². The van der Waals surface area contributed by atoms with Crippen molar-refractivity contribution in [1.29, 1.82) is 0 Å². The van der Waals surface area contributed by atoms with Crippen LogP contribution in [-0.4, -0.2) is 67.4 Å². The number of nitro groups is 1. The molecule has 8 heteroatoms. The predicted molar refractivity (Wildman–Crippen MR) is 119 cm³/mol. The number of benzene rings is 2. The van der Waals surface area contributed by atoms with Crippen LogP contribution in [0.5, 0.6) is 5.75 Å². The summed E-state index contributed by atoms with van der Waals surface area (Å²) < 4.78 is 5.74. The molecule has 0 aliphatic carbocycles. The van der Waals surface area contributed by atoms with E-state index in [0.717, 1.165) is 44.0 Å². The van der Waals surface area contributed by atoms with Gasteiger partial charge in [-0.15, -0.1) is 0 Å². The van der Waals surface area contributed by atoms with Gasteiger partial charge in [-0.1, -0.05) is 19.1 Å². The zero-order valence-electron chi connectivity index (χ0n) is 17.4. The third-order valence-corrected chi connectivity index (χ3v) is 5.35. The molecule has 3 rings (SSSR count). The molecule has 1 fully saturated rings. The molecule has 2 aromatic rings. The number of hydrogen-bond acceptors (Lipinski definition) is 7. The van der Waals surface area contributed by atoms with Crippen molar-refractivity contribution < 1.29 is 14.8 Å². The number of ether oxygens (including phenoxy) is 1. The Balaban J connectivity index is 1.58. The maximum absolute atomic E-state index is 11.4. The molecule has 0 spiro atoms. The minimum atomic E-state index is -0.365. The normalized spacial score (nSPS) is 14.5. The van der Waals surface area contributed by atoms with Gasteiger partial charge in [0, 0.05) is 51.0 Å². The number of nitrogens with zero attached hydrogens (tertiary/aromatic N) is 3. The van der Waals surface area contributed by atoms with Crippen LogP contribution in [0.4, 0.5) is 17.1 Å². The van der Waals surface area contributed by atoms with Crippen LogP contribution in [0.3, 0.4) is 0 Å². The molecule has 0 bridgehead atoms. The van der Waals surface area contributed by atoms with Gasteiger partial charge in [0.15, 0.2) is 0 Å². The summed E-state index contributed by atoms with van der Waals surface area (Å²) in [6.07, 6.45) is 0.984. The molecule has 1 saturated heterocycles. The Hall–Kier alpha value is -2.84. The number of aliphatic hydroxyl groups excluding tert-OH is 1. The van der Waals surface area contributed by atoms with Gasteiger partial charge >= 0.3 is 0 Å². The molecule has 1 aliphatic heterocycles. The number of β-amino-alcohol motifs (C(OH)–C–C–N with tert-alkyl or cyclic N) is 1. The lowest BCUT2D eigenvalue weighted by Gasteiger charge is -2.35. The highest BCUT2D eigenvalue weighted by molar-refractivity contribution is 5.69. The molecular weight excluding hydrogens is 384 g/mol. The van der Waals surface area contributed by atoms with Crippen LogP contribution in [0.1, 0.15) is 12.5 Å². The first kappa shape index (κ1) is 21.9. The van der Waals surface area contributed by atoms with E-state index < -0.39 is 0 Å². The molecule has 30 heavy (non-hydrogen) atoms. The molecule has 1 heterocycles. The van der Waals surface area contributed by atoms with E-state index in [4.69, 9.17) is 9.84 Å². The van der Waals surface area contributed by atoms with Crippen molar-refractivity contribution in [3.63, 3.8) is 0 Å². The largest absolute Gasteiger partial charge is 0.492 e. The van der Waals surface area contributed by atoms with E-state index in [1.54, 1.807) is 12.1 Å². The highest BCUT2D eigenvalue weighted by Gasteiger charge is 2.20. The Labute approximate surface area is 177 Å². The highest BCUT2D eigenvalue weighted by atomic mass is 16.6. The third-order valence-electron chi connectivity index (χ3n) is 5.35. The molecule has 8 nitrogen and oxygen atoms in total. The monoisotopic (exact) mass is 414 g/mol. The van der Waals surface area contributed by atoms with Crippen LogP contribution in [-0.2, 0) is 6.42 Å². The number of aryl methyl sites for hydroxylation is 1. The number of nitro benzene ring substituents is 1. The lowest BCUT2D eigenvalue weighted by Crippen LogP contribution is -2.47. The number of aliphatic hydroxyl groups is 1. The van der Waals surface area contributed by atoms with Gasteiger partial charge in [0.2, 0.25) is 0 Å². The van der Waals surface area contributed by atoms with E-state index in [-0.39, 0.29) is 17.2 Å². The van der Waals surface area contributed by atoms with E-state index in [2.05, 4.69) is 22.0 Å². The highest BCUT2D eigenvalue weighted by Crippen LogP contribution is 2.30. The average Bonchev–Trinajstić information content (AvgIpc) is 2.77. The first-order valence-corrected chi connectivity index (χ1v) is 10.4. The van der Waals surface area contributed by atoms with Gasteiger partial charge in [0.1, 0.15) is 18.0 Å². The van der Waals surface area contributed by atoms with Gasteiger partial charge < -0.3 is 20.1 Å². The molecule has 2 N–H and O–H groups in total. The van der Waals surface area contributed by atoms with Gasteiger partial charge in [0.25, 0.3) is 5.69 Å². The lowest BCUT2D eigenvalue weighted by atomic mass is 10.2. The summed E-state index contributed by atoms with van der Waals surface area (Å²) in [6, 6.07) is 13.2. The maximum atomic E-state index is 11.4. The molecule has 0 amide bonds. The van der Waals surface area contributed by atoms with Gasteiger partial charge in [-0.2, -0.15) is 0 Å². The molecule has 162 valence electrons. The lowest BCUT2D eigenvalue weighted by molar-refractivity contribution is -0.383. The van der Waals surface area contributed by atoms with Gasteiger partial charge in [0.05, 0.1) is 11.5 Å². The first-order chi connectivity index (χ1) is 14.6. The van der Waals surface area contributed by atoms with Crippen molar-refractivity contribution in [3.8, 4) is 5.75 Å². The summed E-state index contributed by atoms with van der Waals surface area (Å²) in [5, 5.41) is 23.7. The minimum Gasteiger partial charge on any atom is -0.492 e. The zero-order chi connectivity index (χ0) is 21.3.